The standard InChI is InChI=1S/C39H37FN8O3.C6H8N2O2/c1-23-16-30(17-24(2)36(23)40)48-37(47-13-12-46(39(47)50)29-5-7-35-28(19-29)21-41-44(35)3)31-22-45(11-8-33(31)43-48)38(49)34-20-27-18-26(4-6-32(27)42-34)25-9-14-51-15-10-25;1-3-2-4(3)5-7-6(9)10-8-5/h4-7,12-13,16-21,25,42H,8-11,14-15,22H2,1-3H3;3-4H,2H2,1H3,(H,7,8,9)/t;3-,4+/m.0/s1. The number of nitrogens with zero attached hydrogens (tertiary/aromatic N) is 8. The second-order valence-corrected chi connectivity index (χ2v) is 16.6. The Hall–Kier alpha value is -6.81. The monoisotopic (exact) mass is 824 g/mol. The molecular formula is C45H45FN10O5. The SMILES string of the molecule is C[C@H]1C[C@H]1c1noc(=O)[nH]1.Cc1cc(-n2nc3c(c2-n2ccn(-c4ccc5c(cnn5C)c4)c2=O)CN(C(=O)c2cc4cc(C5CCOCC5)ccc4[nH]2)CC3)cc(C)c1F. The number of rotatable bonds is 6. The molecule has 2 fully saturated rings. The van der Waals surface area contributed by atoms with E-state index in [2.05, 4.69) is 49.9 Å². The molecule has 15 nitrogen and oxygen atoms in total. The fourth-order valence-corrected chi connectivity index (χ4v) is 8.87. The minimum atomic E-state index is -0.450. The minimum absolute atomic E-state index is 0.119. The van der Waals surface area contributed by atoms with E-state index in [-0.39, 0.29) is 24.0 Å². The van der Waals surface area contributed by atoms with Crippen LogP contribution in [-0.4, -0.2) is 74.4 Å². The first kappa shape index (κ1) is 38.4. The van der Waals surface area contributed by atoms with Crippen LogP contribution in [0.5, 0.6) is 0 Å². The summed E-state index contributed by atoms with van der Waals surface area (Å²) in [6, 6.07) is 17.6. The Labute approximate surface area is 348 Å². The van der Waals surface area contributed by atoms with Crippen molar-refractivity contribution < 1.29 is 18.4 Å². The van der Waals surface area contributed by atoms with E-state index in [9.17, 15) is 18.8 Å². The lowest BCUT2D eigenvalue weighted by atomic mass is 9.91. The number of imidazole rings is 1. The Balaban J connectivity index is 0.000000389. The molecule has 2 atom stereocenters. The highest BCUT2D eigenvalue weighted by molar-refractivity contribution is 5.98. The smallest absolute Gasteiger partial charge is 0.381 e. The Kier molecular flexibility index (Phi) is 9.46. The predicted molar refractivity (Wildman–Crippen MR) is 225 cm³/mol. The Morgan fingerprint density at radius 1 is 0.918 bits per heavy atom. The summed E-state index contributed by atoms with van der Waals surface area (Å²) in [4.78, 5) is 46.5. The van der Waals surface area contributed by atoms with Gasteiger partial charge in [0.05, 0.1) is 35.3 Å². The third-order valence-electron chi connectivity index (χ3n) is 12.5. The third kappa shape index (κ3) is 6.99. The van der Waals surface area contributed by atoms with Gasteiger partial charge in [-0.1, -0.05) is 18.1 Å². The first-order valence-electron chi connectivity index (χ1n) is 20.7. The number of H-pyrrole nitrogens is 2. The number of carbonyl (C=O) groups excluding carboxylic acids is 1. The fraction of sp³-hybridized carbons (Fsp3) is 0.333. The predicted octanol–water partition coefficient (Wildman–Crippen LogP) is 6.52. The van der Waals surface area contributed by atoms with E-state index in [1.807, 2.05) is 36.2 Å². The zero-order valence-corrected chi connectivity index (χ0v) is 34.3. The van der Waals surface area contributed by atoms with Crippen LogP contribution in [-0.2, 0) is 24.8 Å². The molecule has 1 saturated heterocycles. The molecule has 3 aromatic carbocycles. The van der Waals surface area contributed by atoms with Crippen molar-refractivity contribution in [1.29, 1.82) is 0 Å². The van der Waals surface area contributed by atoms with Crippen LogP contribution in [0.15, 0.2) is 87.3 Å². The summed E-state index contributed by atoms with van der Waals surface area (Å²) in [5.41, 5.74) is 7.24. The maximum atomic E-state index is 14.8. The molecule has 11 rings (SSSR count). The lowest BCUT2D eigenvalue weighted by Crippen LogP contribution is -2.36. The summed E-state index contributed by atoms with van der Waals surface area (Å²) in [7, 11) is 1.88. The number of aromatic amines is 2. The second-order valence-electron chi connectivity index (χ2n) is 16.6. The van der Waals surface area contributed by atoms with Crippen molar-refractivity contribution in [2.24, 2.45) is 13.0 Å². The van der Waals surface area contributed by atoms with Crippen LogP contribution in [0.4, 0.5) is 4.39 Å². The number of halogens is 1. The summed E-state index contributed by atoms with van der Waals surface area (Å²) in [6.45, 7) is 7.83. The van der Waals surface area contributed by atoms with Crippen molar-refractivity contribution in [1.82, 2.24) is 48.7 Å². The van der Waals surface area contributed by atoms with Crippen molar-refractivity contribution in [3.8, 4) is 17.2 Å². The normalized spacial score (nSPS) is 17.8. The highest BCUT2D eigenvalue weighted by atomic mass is 19.1. The van der Waals surface area contributed by atoms with Crippen molar-refractivity contribution >= 4 is 27.7 Å². The van der Waals surface area contributed by atoms with Crippen LogP contribution in [0.3, 0.4) is 0 Å². The molecule has 1 aliphatic carbocycles. The molecule has 2 aliphatic heterocycles. The van der Waals surface area contributed by atoms with Gasteiger partial charge in [-0.2, -0.15) is 10.2 Å². The molecule has 312 valence electrons. The Morgan fingerprint density at radius 3 is 2.43 bits per heavy atom. The van der Waals surface area contributed by atoms with Gasteiger partial charge < -0.3 is 14.6 Å². The van der Waals surface area contributed by atoms with Crippen LogP contribution in [0.25, 0.3) is 39.0 Å². The van der Waals surface area contributed by atoms with Gasteiger partial charge in [0.1, 0.15) is 17.3 Å². The van der Waals surface area contributed by atoms with E-state index in [1.165, 1.54) is 5.56 Å². The second kappa shape index (κ2) is 15.0. The van der Waals surface area contributed by atoms with Gasteiger partial charge in [-0.05, 0) is 110 Å². The van der Waals surface area contributed by atoms with Crippen molar-refractivity contribution in [2.45, 2.75) is 64.8 Å². The van der Waals surface area contributed by atoms with Gasteiger partial charge in [-0.3, -0.25) is 28.1 Å². The average Bonchev–Trinajstić information content (AvgIpc) is 3.84. The van der Waals surface area contributed by atoms with Gasteiger partial charge in [0.15, 0.2) is 5.82 Å². The number of ether oxygens (including phenoxy) is 1. The van der Waals surface area contributed by atoms with Crippen molar-refractivity contribution in [2.75, 3.05) is 19.8 Å². The average molecular weight is 825 g/mol. The molecule has 2 N–H and O–H groups in total. The maximum absolute atomic E-state index is 14.8. The lowest BCUT2D eigenvalue weighted by Gasteiger charge is -2.26. The fourth-order valence-electron chi connectivity index (χ4n) is 8.87. The van der Waals surface area contributed by atoms with E-state index in [4.69, 9.17) is 9.84 Å². The number of carbonyl (C=O) groups is 1. The number of fused-ring (bicyclic) bond motifs is 3. The number of hydrogen-bond acceptors (Lipinski definition) is 8. The maximum Gasteiger partial charge on any atom is 0.438 e. The molecule has 5 aromatic heterocycles. The van der Waals surface area contributed by atoms with Gasteiger partial charge in [0, 0.05) is 73.4 Å². The summed E-state index contributed by atoms with van der Waals surface area (Å²) in [6.07, 6.45) is 8.84. The van der Waals surface area contributed by atoms with Crippen molar-refractivity contribution in [3.63, 3.8) is 0 Å². The van der Waals surface area contributed by atoms with Crippen LogP contribution in [0.2, 0.25) is 0 Å². The van der Waals surface area contributed by atoms with Gasteiger partial charge >= 0.3 is 11.4 Å². The van der Waals surface area contributed by atoms with Gasteiger partial charge in [0.25, 0.3) is 5.91 Å². The molecule has 0 spiro atoms. The molecule has 3 aliphatic rings. The van der Waals surface area contributed by atoms with Crippen LogP contribution in [0.1, 0.15) is 82.3 Å². The summed E-state index contributed by atoms with van der Waals surface area (Å²) < 4.78 is 31.4. The van der Waals surface area contributed by atoms with E-state index < -0.39 is 5.76 Å². The van der Waals surface area contributed by atoms with Gasteiger partial charge in [-0.15, -0.1) is 0 Å². The van der Waals surface area contributed by atoms with Crippen LogP contribution >= 0.6 is 0 Å². The van der Waals surface area contributed by atoms with Gasteiger partial charge in [-0.25, -0.2) is 18.7 Å². The zero-order chi connectivity index (χ0) is 42.1. The summed E-state index contributed by atoms with van der Waals surface area (Å²) >= 11 is 0. The molecule has 61 heavy (non-hydrogen) atoms. The largest absolute Gasteiger partial charge is 0.438 e. The lowest BCUT2D eigenvalue weighted by molar-refractivity contribution is 0.0729. The third-order valence-corrected chi connectivity index (χ3v) is 12.5. The number of amides is 1. The quantitative estimate of drug-likeness (QED) is 0.191. The number of aromatic nitrogens is 9. The first-order valence-corrected chi connectivity index (χ1v) is 20.7. The number of aryl methyl sites for hydroxylation is 3. The van der Waals surface area contributed by atoms with E-state index in [1.54, 1.807) is 63.1 Å². The van der Waals surface area contributed by atoms with Gasteiger partial charge in [0.2, 0.25) is 0 Å². The molecule has 16 heteroatoms. The molecule has 0 unspecified atom stereocenters. The number of hydrogen-bond donors (Lipinski definition) is 2. The van der Waals surface area contributed by atoms with E-state index in [0.717, 1.165) is 65.5 Å². The molecule has 7 heterocycles. The molecule has 8 aromatic rings. The first-order chi connectivity index (χ1) is 29.5. The highest BCUT2D eigenvalue weighted by Crippen LogP contribution is 2.44. The summed E-state index contributed by atoms with van der Waals surface area (Å²) in [5.74, 6) is 1.93. The molecule has 0 bridgehead atoms. The molecule has 1 saturated carbocycles. The molecular weight excluding hydrogens is 780 g/mol. The Bertz CT molecular complexity index is 3080. The molecule has 0 radical (unpaired) electrons. The number of benzene rings is 3. The Morgan fingerprint density at radius 2 is 1.69 bits per heavy atom. The van der Waals surface area contributed by atoms with E-state index >= 15 is 0 Å². The van der Waals surface area contributed by atoms with Crippen LogP contribution in [0, 0.1) is 25.6 Å². The topological polar surface area (TPSA) is 167 Å². The highest BCUT2D eigenvalue weighted by Gasteiger charge is 2.37. The van der Waals surface area contributed by atoms with Crippen LogP contribution < -0.4 is 11.4 Å². The van der Waals surface area contributed by atoms with Crippen molar-refractivity contribution in [3.05, 3.63) is 140 Å². The minimum Gasteiger partial charge on any atom is -0.381 e. The van der Waals surface area contributed by atoms with E-state index in [0.29, 0.717) is 70.6 Å². The summed E-state index contributed by atoms with van der Waals surface area (Å²) in [5, 5.41) is 14.8. The molecule has 1 amide bonds. The number of nitrogens with one attached hydrogen (secondary N) is 2. The zero-order valence-electron chi connectivity index (χ0n) is 34.3.